The van der Waals surface area contributed by atoms with Crippen molar-refractivity contribution in [2.75, 3.05) is 7.05 Å². The molecule has 1 aliphatic rings. The molecule has 0 bridgehead atoms. The van der Waals surface area contributed by atoms with Gasteiger partial charge in [-0.25, -0.2) is 8.78 Å². The first kappa shape index (κ1) is 7.92. The van der Waals surface area contributed by atoms with Crippen LogP contribution < -0.4 is 4.90 Å². The molecule has 0 radical (unpaired) electrons. The molecule has 1 fully saturated rings. The number of halogens is 2. The monoisotopic (exact) mass is 149 g/mol. The maximum Gasteiger partial charge on any atom is 0.253 e. The van der Waals surface area contributed by atoms with E-state index in [4.69, 9.17) is 0 Å². The highest BCUT2D eigenvalue weighted by Gasteiger charge is 2.41. The molecule has 2 atom stereocenters. The Labute approximate surface area is 60.0 Å². The fraction of sp³-hybridized carbons (Fsp3) is 0.857. The summed E-state index contributed by atoms with van der Waals surface area (Å²) in [6.45, 7) is 0. The van der Waals surface area contributed by atoms with Gasteiger partial charge in [-0.2, -0.15) is 7.05 Å². The lowest BCUT2D eigenvalue weighted by Gasteiger charge is -2.22. The molecule has 0 saturated heterocycles. The van der Waals surface area contributed by atoms with Crippen molar-refractivity contribution in [1.29, 1.82) is 0 Å². The summed E-state index contributed by atoms with van der Waals surface area (Å²) in [5, 5.41) is 0. The van der Waals surface area contributed by atoms with Crippen molar-refractivity contribution in [2.24, 2.45) is 0 Å². The molecular weight excluding hydrogens is 136 g/mol. The fourth-order valence-electron chi connectivity index (χ4n) is 1.37. The molecule has 1 saturated carbocycles. The molecule has 2 unspecified atom stereocenters. The van der Waals surface area contributed by atoms with Crippen LogP contribution in [0.25, 0.3) is 0 Å². The van der Waals surface area contributed by atoms with Crippen LogP contribution >= 0.6 is 0 Å². The highest BCUT2D eigenvalue weighted by Crippen LogP contribution is 2.33. The van der Waals surface area contributed by atoms with Crippen LogP contribution in [0.5, 0.6) is 0 Å². The first-order valence-corrected chi connectivity index (χ1v) is 3.54. The van der Waals surface area contributed by atoms with Crippen LogP contribution in [0, 0.1) is 7.05 Å². The Balaban J connectivity index is 2.43. The lowest BCUT2D eigenvalue weighted by atomic mass is 10.2. The molecule has 0 heterocycles. The van der Waals surface area contributed by atoms with Crippen molar-refractivity contribution in [3.8, 4) is 0 Å². The van der Waals surface area contributed by atoms with Gasteiger partial charge in [0.25, 0.3) is 5.92 Å². The number of alkyl halides is 2. The second kappa shape index (κ2) is 2.46. The zero-order chi connectivity index (χ0) is 7.78. The highest BCUT2D eigenvalue weighted by atomic mass is 19.3. The van der Waals surface area contributed by atoms with Gasteiger partial charge in [0.2, 0.25) is 0 Å². The van der Waals surface area contributed by atoms with E-state index in [9.17, 15) is 8.78 Å². The predicted molar refractivity (Wildman–Crippen MR) is 34.8 cm³/mol. The van der Waals surface area contributed by atoms with E-state index in [1.165, 1.54) is 0 Å². The van der Waals surface area contributed by atoms with E-state index in [0.717, 1.165) is 4.90 Å². The summed E-state index contributed by atoms with van der Waals surface area (Å²) in [5.74, 6) is -2.41. The first-order chi connectivity index (χ1) is 4.51. The topological polar surface area (TPSA) is 4.44 Å². The number of rotatable bonds is 1. The number of hydrogen-bond acceptors (Lipinski definition) is 0. The fourth-order valence-corrected chi connectivity index (χ4v) is 1.37. The Morgan fingerprint density at radius 2 is 2.20 bits per heavy atom. The summed E-state index contributed by atoms with van der Waals surface area (Å²) in [4.78, 5) is 0.900. The highest BCUT2D eigenvalue weighted by molar-refractivity contribution is 4.80. The van der Waals surface area contributed by atoms with Gasteiger partial charge in [-0.1, -0.05) is 0 Å². The van der Waals surface area contributed by atoms with Gasteiger partial charge in [0.15, 0.2) is 0 Å². The van der Waals surface area contributed by atoms with E-state index in [-0.39, 0.29) is 18.9 Å². The maximum absolute atomic E-state index is 12.5. The summed E-state index contributed by atoms with van der Waals surface area (Å²) in [6.07, 6.45) is 0.676. The van der Waals surface area contributed by atoms with Crippen molar-refractivity contribution < 1.29 is 13.7 Å². The van der Waals surface area contributed by atoms with E-state index in [1.807, 2.05) is 7.05 Å². The average molecular weight is 149 g/mol. The van der Waals surface area contributed by atoms with E-state index < -0.39 is 5.92 Å². The van der Waals surface area contributed by atoms with Gasteiger partial charge in [0, 0.05) is 19.9 Å². The predicted octanol–water partition coefficient (Wildman–Crippen LogP) is 0.480. The third kappa shape index (κ3) is 1.66. The molecule has 0 aromatic carbocycles. The van der Waals surface area contributed by atoms with Gasteiger partial charge in [0.1, 0.15) is 0 Å². The summed E-state index contributed by atoms with van der Waals surface area (Å²) in [6, 6.07) is 0.0648. The van der Waals surface area contributed by atoms with Crippen LogP contribution in [0.2, 0.25) is 0 Å². The molecule has 0 amide bonds. The van der Waals surface area contributed by atoms with Crippen LogP contribution in [0.3, 0.4) is 0 Å². The third-order valence-corrected chi connectivity index (χ3v) is 2.10. The Morgan fingerprint density at radius 3 is 2.40 bits per heavy atom. The largest absolute Gasteiger partial charge is 0.468 e. The van der Waals surface area contributed by atoms with Gasteiger partial charge in [0.05, 0.1) is 12.5 Å². The molecule has 1 N–H and O–H groups in total. The molecule has 1 aliphatic carbocycles. The Hall–Kier alpha value is -0.180. The molecular formula is C7H13F2N. The van der Waals surface area contributed by atoms with Crippen molar-refractivity contribution in [1.82, 2.24) is 0 Å². The van der Waals surface area contributed by atoms with Gasteiger partial charge in [-0.15, -0.1) is 0 Å². The van der Waals surface area contributed by atoms with Gasteiger partial charge < -0.3 is 4.90 Å². The van der Waals surface area contributed by atoms with E-state index >= 15 is 0 Å². The van der Waals surface area contributed by atoms with Crippen molar-refractivity contribution >= 4 is 0 Å². The lowest BCUT2D eigenvalue weighted by molar-refractivity contribution is -0.859. The SMILES string of the molecule is [CH2-][NH+](C)C1CCC(F)(F)C1. The normalized spacial score (nSPS) is 34.2. The molecule has 3 heteroatoms. The van der Waals surface area contributed by atoms with Crippen molar-refractivity contribution in [2.45, 2.75) is 31.2 Å². The van der Waals surface area contributed by atoms with Crippen LogP contribution in [-0.4, -0.2) is 19.0 Å². The minimum absolute atomic E-state index is 0.0162. The first-order valence-electron chi connectivity index (χ1n) is 3.54. The zero-order valence-corrected chi connectivity index (χ0v) is 6.16. The second-order valence-electron chi connectivity index (χ2n) is 3.14. The van der Waals surface area contributed by atoms with Crippen LogP contribution in [0.4, 0.5) is 8.78 Å². The second-order valence-corrected chi connectivity index (χ2v) is 3.14. The molecule has 60 valence electrons. The average Bonchev–Trinajstić information content (AvgIpc) is 2.10. The minimum Gasteiger partial charge on any atom is -0.468 e. The minimum atomic E-state index is -2.41. The van der Waals surface area contributed by atoms with Crippen molar-refractivity contribution in [3.63, 3.8) is 0 Å². The van der Waals surface area contributed by atoms with E-state index in [2.05, 4.69) is 7.05 Å². The van der Waals surface area contributed by atoms with Crippen LogP contribution in [0.1, 0.15) is 19.3 Å². The molecule has 1 rings (SSSR count). The summed E-state index contributed by atoms with van der Waals surface area (Å²) < 4.78 is 25.0. The number of nitrogens with one attached hydrogen (secondary N) is 1. The molecule has 1 nitrogen and oxygen atoms in total. The smallest absolute Gasteiger partial charge is 0.253 e. The van der Waals surface area contributed by atoms with Gasteiger partial charge in [-0.3, -0.25) is 0 Å². The van der Waals surface area contributed by atoms with Gasteiger partial charge in [-0.05, 0) is 0 Å². The van der Waals surface area contributed by atoms with Crippen molar-refractivity contribution in [3.05, 3.63) is 7.05 Å². The summed E-state index contributed by atoms with van der Waals surface area (Å²) >= 11 is 0. The standard InChI is InChI=1S/C7H13F2N/c1-10(2)6-3-4-7(8,9)5-6/h6,10H,1,3-5H2,2H3. The summed E-state index contributed by atoms with van der Waals surface area (Å²) in [7, 11) is 5.49. The van der Waals surface area contributed by atoms with E-state index in [1.54, 1.807) is 0 Å². The Kier molecular flexibility index (Phi) is 1.95. The van der Waals surface area contributed by atoms with Crippen LogP contribution in [-0.2, 0) is 0 Å². The summed E-state index contributed by atoms with van der Waals surface area (Å²) in [5.41, 5.74) is 0. The van der Waals surface area contributed by atoms with Gasteiger partial charge >= 0.3 is 0 Å². The zero-order valence-electron chi connectivity index (χ0n) is 6.16. The maximum atomic E-state index is 12.5. The number of quaternary nitrogens is 1. The Morgan fingerprint density at radius 1 is 1.60 bits per heavy atom. The molecule has 0 aromatic heterocycles. The number of hydrogen-bond donors (Lipinski definition) is 1. The Bertz CT molecular complexity index is 123. The van der Waals surface area contributed by atoms with Crippen LogP contribution in [0.15, 0.2) is 0 Å². The molecule has 0 aliphatic heterocycles. The van der Waals surface area contributed by atoms with E-state index in [0.29, 0.717) is 6.42 Å². The quantitative estimate of drug-likeness (QED) is 0.517. The third-order valence-electron chi connectivity index (χ3n) is 2.10. The molecule has 0 spiro atoms. The molecule has 0 aromatic rings. The lowest BCUT2D eigenvalue weighted by Crippen LogP contribution is -3.07. The molecule has 10 heavy (non-hydrogen) atoms.